The quantitative estimate of drug-likeness (QED) is 0.290. The molecule has 0 N–H and O–H groups in total. The Labute approximate surface area is 204 Å². The summed E-state index contributed by atoms with van der Waals surface area (Å²) in [6.07, 6.45) is 5.18. The van der Waals surface area contributed by atoms with Crippen molar-refractivity contribution in [3.05, 3.63) is 65.2 Å². The van der Waals surface area contributed by atoms with Crippen LogP contribution in [0.25, 0.3) is 0 Å². The number of aryl methyl sites for hydroxylation is 3. The molecule has 2 saturated heterocycles. The fraction of sp³-hybridized carbons (Fsp3) is 0.357. The van der Waals surface area contributed by atoms with E-state index in [0.29, 0.717) is 29.8 Å². The minimum Gasteiger partial charge on any atom is -0.426 e. The second-order valence-electron chi connectivity index (χ2n) is 9.73. The fourth-order valence-corrected chi connectivity index (χ4v) is 5.29. The van der Waals surface area contributed by atoms with Gasteiger partial charge in [-0.15, -0.1) is 0 Å². The van der Waals surface area contributed by atoms with Gasteiger partial charge in [-0.25, -0.2) is 4.90 Å². The Balaban J connectivity index is 1.29. The normalized spacial score (nSPS) is 23.7. The summed E-state index contributed by atoms with van der Waals surface area (Å²) >= 11 is 0. The Morgan fingerprint density at radius 2 is 1.54 bits per heavy atom. The molecule has 3 aliphatic rings. The Bertz CT molecular complexity index is 1250. The third-order valence-electron chi connectivity index (χ3n) is 7.25. The van der Waals surface area contributed by atoms with Crippen LogP contribution in [0.1, 0.15) is 36.0 Å². The van der Waals surface area contributed by atoms with Crippen molar-refractivity contribution >= 4 is 35.1 Å². The van der Waals surface area contributed by atoms with Gasteiger partial charge in [0.05, 0.1) is 23.4 Å². The molecule has 7 heteroatoms. The van der Waals surface area contributed by atoms with Crippen molar-refractivity contribution in [2.45, 2.75) is 40.0 Å². The number of hydrogen-bond donors (Lipinski definition) is 0. The minimum absolute atomic E-state index is 0.0941. The molecule has 0 radical (unpaired) electrons. The maximum absolute atomic E-state index is 12.9. The fourth-order valence-electron chi connectivity index (χ4n) is 5.29. The Morgan fingerprint density at radius 3 is 2.20 bits per heavy atom. The summed E-state index contributed by atoms with van der Waals surface area (Å²) in [7, 11) is 0. The van der Waals surface area contributed by atoms with E-state index >= 15 is 0 Å². The molecule has 1 aliphatic carbocycles. The van der Waals surface area contributed by atoms with Crippen LogP contribution >= 0.6 is 0 Å². The van der Waals surface area contributed by atoms with Gasteiger partial charge in [-0.1, -0.05) is 24.3 Å². The SMILES string of the molecule is Cc1ccc(C)c(N2C[C@@H](C(=O)Oc3ccc(N4C(=O)[C@H]5CC=CC[C@H]5C4=O)c(C)c3)CC2=O)c1. The first-order valence-corrected chi connectivity index (χ1v) is 12.0. The van der Waals surface area contributed by atoms with E-state index in [9.17, 15) is 19.2 Å². The lowest BCUT2D eigenvalue weighted by Crippen LogP contribution is -2.31. The number of allylic oxidation sites excluding steroid dienone is 2. The lowest BCUT2D eigenvalue weighted by atomic mass is 9.85. The highest BCUT2D eigenvalue weighted by atomic mass is 16.5. The molecule has 5 rings (SSSR count). The molecule has 3 amide bonds. The first kappa shape index (κ1) is 23.0. The van der Waals surface area contributed by atoms with Crippen LogP contribution in [-0.4, -0.2) is 30.2 Å². The molecular formula is C28H28N2O5. The Hall–Kier alpha value is -3.74. The van der Waals surface area contributed by atoms with Crippen LogP contribution in [-0.2, 0) is 19.2 Å². The Kier molecular flexibility index (Phi) is 5.79. The Morgan fingerprint density at radius 1 is 0.857 bits per heavy atom. The lowest BCUT2D eigenvalue weighted by Gasteiger charge is -2.20. The third-order valence-corrected chi connectivity index (χ3v) is 7.25. The van der Waals surface area contributed by atoms with E-state index in [1.54, 1.807) is 30.0 Å². The van der Waals surface area contributed by atoms with Crippen molar-refractivity contribution < 1.29 is 23.9 Å². The number of esters is 1. The molecule has 0 saturated carbocycles. The predicted molar refractivity (Wildman–Crippen MR) is 131 cm³/mol. The summed E-state index contributed by atoms with van der Waals surface area (Å²) in [5, 5.41) is 0. The van der Waals surface area contributed by atoms with E-state index in [1.165, 1.54) is 4.90 Å². The van der Waals surface area contributed by atoms with Crippen molar-refractivity contribution in [2.24, 2.45) is 17.8 Å². The average molecular weight is 473 g/mol. The molecule has 0 unspecified atom stereocenters. The van der Waals surface area contributed by atoms with Crippen LogP contribution in [0.5, 0.6) is 5.75 Å². The zero-order valence-corrected chi connectivity index (χ0v) is 20.1. The van der Waals surface area contributed by atoms with E-state index < -0.39 is 11.9 Å². The first-order chi connectivity index (χ1) is 16.7. The molecule has 2 aromatic carbocycles. The standard InChI is InChI=1S/C28H28N2O5/c1-16-8-9-17(2)24(12-16)29-15-19(14-25(29)31)28(34)35-20-10-11-23(18(3)13-20)30-26(32)21-6-4-5-7-22(21)27(30)33/h4-5,8-13,19,21-22H,6-7,14-15H2,1-3H3/t19-,21-,22+/m0/s1. The number of amides is 3. The zero-order valence-electron chi connectivity index (χ0n) is 20.1. The van der Waals surface area contributed by atoms with Crippen molar-refractivity contribution in [1.82, 2.24) is 0 Å². The number of rotatable bonds is 4. The molecule has 0 spiro atoms. The van der Waals surface area contributed by atoms with Gasteiger partial charge in [0, 0.05) is 18.7 Å². The molecule has 35 heavy (non-hydrogen) atoms. The number of ether oxygens (including phenoxy) is 1. The third kappa shape index (κ3) is 4.05. The summed E-state index contributed by atoms with van der Waals surface area (Å²) in [4.78, 5) is 54.3. The molecule has 180 valence electrons. The van der Waals surface area contributed by atoms with Gasteiger partial charge in [-0.05, 0) is 74.6 Å². The van der Waals surface area contributed by atoms with E-state index in [1.807, 2.05) is 44.2 Å². The maximum atomic E-state index is 12.9. The largest absolute Gasteiger partial charge is 0.426 e. The summed E-state index contributed by atoms with van der Waals surface area (Å²) in [5.74, 6) is -1.76. The first-order valence-electron chi connectivity index (χ1n) is 12.0. The van der Waals surface area contributed by atoms with Gasteiger partial charge in [0.25, 0.3) is 0 Å². The number of fused-ring (bicyclic) bond motifs is 1. The van der Waals surface area contributed by atoms with Crippen LogP contribution < -0.4 is 14.5 Å². The van der Waals surface area contributed by atoms with Crippen LogP contribution in [0, 0.1) is 38.5 Å². The molecule has 0 bridgehead atoms. The van der Waals surface area contributed by atoms with Crippen LogP contribution in [0.15, 0.2) is 48.6 Å². The number of benzene rings is 2. The summed E-state index contributed by atoms with van der Waals surface area (Å²) < 4.78 is 5.62. The average Bonchev–Trinajstić information content (AvgIpc) is 3.34. The van der Waals surface area contributed by atoms with Crippen molar-refractivity contribution in [3.63, 3.8) is 0 Å². The molecule has 2 heterocycles. The minimum atomic E-state index is -0.570. The molecule has 3 atom stereocenters. The van der Waals surface area contributed by atoms with Crippen molar-refractivity contribution in [2.75, 3.05) is 16.3 Å². The highest BCUT2D eigenvalue weighted by Gasteiger charge is 2.48. The second kappa shape index (κ2) is 8.80. The van der Waals surface area contributed by atoms with E-state index in [2.05, 4.69) is 0 Å². The second-order valence-corrected chi connectivity index (χ2v) is 9.73. The molecule has 2 aliphatic heterocycles. The number of carbonyl (C=O) groups is 4. The maximum Gasteiger partial charge on any atom is 0.316 e. The lowest BCUT2D eigenvalue weighted by molar-refractivity contribution is -0.139. The number of anilines is 2. The number of nitrogens with zero attached hydrogens (tertiary/aromatic N) is 2. The molecule has 7 nitrogen and oxygen atoms in total. The smallest absolute Gasteiger partial charge is 0.316 e. The highest BCUT2D eigenvalue weighted by molar-refractivity contribution is 6.22. The highest BCUT2D eigenvalue weighted by Crippen LogP contribution is 2.39. The van der Waals surface area contributed by atoms with Gasteiger partial charge < -0.3 is 9.64 Å². The topological polar surface area (TPSA) is 84.0 Å². The summed E-state index contributed by atoms with van der Waals surface area (Å²) in [6, 6.07) is 10.8. The van der Waals surface area contributed by atoms with Crippen LogP contribution in [0.2, 0.25) is 0 Å². The number of imide groups is 1. The van der Waals surface area contributed by atoms with Gasteiger partial charge in [-0.3, -0.25) is 19.2 Å². The van der Waals surface area contributed by atoms with Gasteiger partial charge in [0.1, 0.15) is 5.75 Å². The molecular weight excluding hydrogens is 444 g/mol. The van der Waals surface area contributed by atoms with Crippen LogP contribution in [0.4, 0.5) is 11.4 Å². The van der Waals surface area contributed by atoms with Crippen LogP contribution in [0.3, 0.4) is 0 Å². The monoisotopic (exact) mass is 472 g/mol. The molecule has 0 aromatic heterocycles. The predicted octanol–water partition coefficient (Wildman–Crippen LogP) is 4.03. The number of carbonyl (C=O) groups excluding carboxylic acids is 4. The van der Waals surface area contributed by atoms with Gasteiger partial charge in [0.2, 0.25) is 17.7 Å². The van der Waals surface area contributed by atoms with E-state index in [4.69, 9.17) is 4.74 Å². The zero-order chi connectivity index (χ0) is 24.9. The van der Waals surface area contributed by atoms with Crippen molar-refractivity contribution in [1.29, 1.82) is 0 Å². The number of hydrogen-bond acceptors (Lipinski definition) is 5. The summed E-state index contributed by atoms with van der Waals surface area (Å²) in [5.41, 5.74) is 4.03. The summed E-state index contributed by atoms with van der Waals surface area (Å²) in [6.45, 7) is 5.97. The van der Waals surface area contributed by atoms with E-state index in [0.717, 1.165) is 16.8 Å². The molecule has 2 fully saturated rings. The van der Waals surface area contributed by atoms with E-state index in [-0.39, 0.29) is 42.5 Å². The van der Waals surface area contributed by atoms with Gasteiger partial charge >= 0.3 is 5.97 Å². The molecule has 2 aromatic rings. The van der Waals surface area contributed by atoms with Gasteiger partial charge in [0.15, 0.2) is 0 Å². The van der Waals surface area contributed by atoms with Gasteiger partial charge in [-0.2, -0.15) is 0 Å². The van der Waals surface area contributed by atoms with Crippen molar-refractivity contribution in [3.8, 4) is 5.75 Å².